The molecule has 0 saturated carbocycles. The van der Waals surface area contributed by atoms with E-state index in [9.17, 15) is 0 Å². The second-order valence-corrected chi connectivity index (χ2v) is 3.19. The third-order valence-electron chi connectivity index (χ3n) is 2.05. The summed E-state index contributed by atoms with van der Waals surface area (Å²) in [6.07, 6.45) is 3.45. The van der Waals surface area contributed by atoms with Crippen molar-refractivity contribution in [3.63, 3.8) is 0 Å². The number of hydrogen-bond donors (Lipinski definition) is 0. The molecule has 76 valence electrons. The van der Waals surface area contributed by atoms with E-state index in [1.807, 2.05) is 36.4 Å². The first-order chi connectivity index (χ1) is 7.40. The van der Waals surface area contributed by atoms with E-state index in [0.717, 1.165) is 18.4 Å². The Balaban J connectivity index is 2.17. The predicted molar refractivity (Wildman–Crippen MR) is 58.3 cm³/mol. The minimum Gasteiger partial charge on any atom is -0.421 e. The van der Waals surface area contributed by atoms with Gasteiger partial charge in [-0.1, -0.05) is 24.3 Å². The van der Waals surface area contributed by atoms with Gasteiger partial charge in [0.1, 0.15) is 0 Å². The molecule has 3 nitrogen and oxygen atoms in total. The van der Waals surface area contributed by atoms with Crippen molar-refractivity contribution in [3.8, 4) is 11.5 Å². The van der Waals surface area contributed by atoms with E-state index in [1.54, 1.807) is 0 Å². The molecule has 0 aliphatic carbocycles. The van der Waals surface area contributed by atoms with Crippen LogP contribution in [0.4, 0.5) is 0 Å². The molecule has 0 fully saturated rings. The van der Waals surface area contributed by atoms with Crippen molar-refractivity contribution >= 4 is 0 Å². The first-order valence-corrected chi connectivity index (χ1v) is 4.89. The van der Waals surface area contributed by atoms with Crippen LogP contribution in [-0.2, 0) is 6.42 Å². The van der Waals surface area contributed by atoms with Crippen LogP contribution in [-0.4, -0.2) is 10.2 Å². The Morgan fingerprint density at radius 2 is 2.00 bits per heavy atom. The van der Waals surface area contributed by atoms with Gasteiger partial charge in [-0.05, 0) is 18.6 Å². The fourth-order valence-electron chi connectivity index (χ4n) is 1.28. The lowest BCUT2D eigenvalue weighted by atomic mass is 10.2. The monoisotopic (exact) mass is 200 g/mol. The minimum absolute atomic E-state index is 0.578. The van der Waals surface area contributed by atoms with Crippen molar-refractivity contribution in [3.05, 3.63) is 48.9 Å². The molecule has 1 heterocycles. The number of hydrogen-bond acceptors (Lipinski definition) is 3. The molecule has 0 atom stereocenters. The maximum absolute atomic E-state index is 5.50. The van der Waals surface area contributed by atoms with Crippen LogP contribution >= 0.6 is 0 Å². The second kappa shape index (κ2) is 4.55. The van der Waals surface area contributed by atoms with Crippen LogP contribution in [0.25, 0.3) is 11.5 Å². The Labute approximate surface area is 88.5 Å². The zero-order valence-corrected chi connectivity index (χ0v) is 8.39. The third-order valence-corrected chi connectivity index (χ3v) is 2.05. The first-order valence-electron chi connectivity index (χ1n) is 4.89. The van der Waals surface area contributed by atoms with Gasteiger partial charge in [0, 0.05) is 12.0 Å². The van der Waals surface area contributed by atoms with Crippen LogP contribution in [0.15, 0.2) is 47.4 Å². The average molecular weight is 200 g/mol. The predicted octanol–water partition coefficient (Wildman–Crippen LogP) is 2.86. The number of aryl methyl sites for hydroxylation is 1. The lowest BCUT2D eigenvalue weighted by Gasteiger charge is -1.92. The van der Waals surface area contributed by atoms with Gasteiger partial charge in [-0.3, -0.25) is 0 Å². The number of nitrogens with zero attached hydrogens (tertiary/aromatic N) is 2. The molecular formula is C12H12N2O. The maximum Gasteiger partial charge on any atom is 0.247 e. The largest absolute Gasteiger partial charge is 0.421 e. The van der Waals surface area contributed by atoms with Crippen LogP contribution in [0.2, 0.25) is 0 Å². The molecule has 0 aliphatic rings. The van der Waals surface area contributed by atoms with Crippen LogP contribution in [0, 0.1) is 0 Å². The first kappa shape index (κ1) is 9.65. The van der Waals surface area contributed by atoms with Gasteiger partial charge in [0.25, 0.3) is 0 Å². The summed E-state index contributed by atoms with van der Waals surface area (Å²) in [6.45, 7) is 3.65. The quantitative estimate of drug-likeness (QED) is 0.712. The van der Waals surface area contributed by atoms with E-state index in [1.165, 1.54) is 0 Å². The van der Waals surface area contributed by atoms with Gasteiger partial charge in [-0.25, -0.2) is 0 Å². The van der Waals surface area contributed by atoms with Gasteiger partial charge in [0.2, 0.25) is 11.8 Å². The number of benzene rings is 1. The van der Waals surface area contributed by atoms with Gasteiger partial charge in [0.15, 0.2) is 0 Å². The molecule has 15 heavy (non-hydrogen) atoms. The Kier molecular flexibility index (Phi) is 2.93. The van der Waals surface area contributed by atoms with Crippen LogP contribution in [0.1, 0.15) is 12.3 Å². The standard InChI is InChI=1S/C12H12N2O/c1-2-3-9-11-13-14-12(15-11)10-7-5-4-6-8-10/h2,4-8H,1,3,9H2. The Morgan fingerprint density at radius 1 is 1.20 bits per heavy atom. The molecule has 0 saturated heterocycles. The molecule has 0 amide bonds. The summed E-state index contributed by atoms with van der Waals surface area (Å²) in [5, 5.41) is 7.95. The highest BCUT2D eigenvalue weighted by atomic mass is 16.4. The van der Waals surface area contributed by atoms with Crippen molar-refractivity contribution in [1.29, 1.82) is 0 Å². The lowest BCUT2D eigenvalue weighted by Crippen LogP contribution is -1.81. The molecule has 2 aromatic rings. The zero-order chi connectivity index (χ0) is 10.5. The fourth-order valence-corrected chi connectivity index (χ4v) is 1.28. The summed E-state index contributed by atoms with van der Waals surface area (Å²) in [7, 11) is 0. The van der Waals surface area contributed by atoms with Crippen molar-refractivity contribution in [2.45, 2.75) is 12.8 Å². The normalized spacial score (nSPS) is 10.1. The molecule has 0 bridgehead atoms. The molecule has 0 radical (unpaired) electrons. The maximum atomic E-state index is 5.50. The van der Waals surface area contributed by atoms with Crippen LogP contribution in [0.3, 0.4) is 0 Å². The lowest BCUT2D eigenvalue weighted by molar-refractivity contribution is 0.506. The highest BCUT2D eigenvalue weighted by molar-refractivity contribution is 5.51. The van der Waals surface area contributed by atoms with Gasteiger partial charge in [0.05, 0.1) is 0 Å². The fraction of sp³-hybridized carbons (Fsp3) is 0.167. The molecule has 0 spiro atoms. The molecule has 3 heteroatoms. The van der Waals surface area contributed by atoms with Crippen molar-refractivity contribution in [2.24, 2.45) is 0 Å². The third kappa shape index (κ3) is 2.31. The smallest absolute Gasteiger partial charge is 0.247 e. The highest BCUT2D eigenvalue weighted by Crippen LogP contribution is 2.17. The summed E-state index contributed by atoms with van der Waals surface area (Å²) in [4.78, 5) is 0. The Hall–Kier alpha value is -1.90. The molecular weight excluding hydrogens is 188 g/mol. The van der Waals surface area contributed by atoms with Gasteiger partial charge >= 0.3 is 0 Å². The second-order valence-electron chi connectivity index (χ2n) is 3.19. The minimum atomic E-state index is 0.578. The molecule has 0 unspecified atom stereocenters. The van der Waals surface area contributed by atoms with E-state index in [0.29, 0.717) is 11.8 Å². The van der Waals surface area contributed by atoms with Crippen LogP contribution in [0.5, 0.6) is 0 Å². The molecule has 0 N–H and O–H groups in total. The van der Waals surface area contributed by atoms with Gasteiger partial charge in [-0.15, -0.1) is 16.8 Å². The molecule has 1 aromatic heterocycles. The highest BCUT2D eigenvalue weighted by Gasteiger charge is 2.06. The van der Waals surface area contributed by atoms with E-state index in [2.05, 4.69) is 16.8 Å². The van der Waals surface area contributed by atoms with Crippen molar-refractivity contribution < 1.29 is 4.42 Å². The summed E-state index contributed by atoms with van der Waals surface area (Å²) < 4.78 is 5.50. The van der Waals surface area contributed by atoms with Gasteiger partial charge < -0.3 is 4.42 Å². The van der Waals surface area contributed by atoms with E-state index in [-0.39, 0.29) is 0 Å². The van der Waals surface area contributed by atoms with Crippen LogP contribution < -0.4 is 0 Å². The molecule has 1 aromatic carbocycles. The number of allylic oxidation sites excluding steroid dienone is 1. The van der Waals surface area contributed by atoms with Gasteiger partial charge in [-0.2, -0.15) is 0 Å². The topological polar surface area (TPSA) is 38.9 Å². The van der Waals surface area contributed by atoms with Crippen molar-refractivity contribution in [1.82, 2.24) is 10.2 Å². The van der Waals surface area contributed by atoms with E-state index >= 15 is 0 Å². The summed E-state index contributed by atoms with van der Waals surface area (Å²) in [5.74, 6) is 1.24. The summed E-state index contributed by atoms with van der Waals surface area (Å²) in [6, 6.07) is 9.75. The number of rotatable bonds is 4. The summed E-state index contributed by atoms with van der Waals surface area (Å²) >= 11 is 0. The molecule has 0 aliphatic heterocycles. The van der Waals surface area contributed by atoms with Crippen molar-refractivity contribution in [2.75, 3.05) is 0 Å². The Bertz CT molecular complexity index is 434. The number of aromatic nitrogens is 2. The van der Waals surface area contributed by atoms with E-state index in [4.69, 9.17) is 4.42 Å². The SMILES string of the molecule is C=CCCc1nnc(-c2ccccc2)o1. The molecule has 2 rings (SSSR count). The summed E-state index contributed by atoms with van der Waals surface area (Å²) in [5.41, 5.74) is 0.954. The Morgan fingerprint density at radius 3 is 2.73 bits per heavy atom. The van der Waals surface area contributed by atoms with E-state index < -0.39 is 0 Å². The average Bonchev–Trinajstić information content (AvgIpc) is 2.76. The zero-order valence-electron chi connectivity index (χ0n) is 8.39.